The Balaban J connectivity index is 1.76. The van der Waals surface area contributed by atoms with E-state index in [9.17, 15) is 13.2 Å². The second-order valence-corrected chi connectivity index (χ2v) is 11.1. The number of fused-ring (bicyclic) bond motifs is 1. The van der Waals surface area contributed by atoms with Crippen LogP contribution in [0.15, 0.2) is 70.6 Å². The van der Waals surface area contributed by atoms with E-state index in [4.69, 9.17) is 4.74 Å². The van der Waals surface area contributed by atoms with Gasteiger partial charge in [0.25, 0.3) is 5.56 Å². The van der Waals surface area contributed by atoms with Gasteiger partial charge in [-0.1, -0.05) is 12.1 Å². The molecule has 0 saturated heterocycles. The van der Waals surface area contributed by atoms with Gasteiger partial charge in [0.15, 0.2) is 9.84 Å². The maximum atomic E-state index is 13.0. The number of aromatic nitrogens is 2. The molecule has 34 heavy (non-hydrogen) atoms. The third kappa shape index (κ3) is 4.35. The summed E-state index contributed by atoms with van der Waals surface area (Å²) in [6.07, 6.45) is 7.05. The molecule has 6 nitrogen and oxygen atoms in total. The minimum absolute atomic E-state index is 0.118. The summed E-state index contributed by atoms with van der Waals surface area (Å²) in [6.45, 7) is 2.53. The van der Waals surface area contributed by atoms with Crippen LogP contribution in [-0.4, -0.2) is 30.8 Å². The zero-order valence-electron chi connectivity index (χ0n) is 19.4. The molecule has 0 unspecified atom stereocenters. The molecular formula is C27H26N2O4S. The Bertz CT molecular complexity index is 1570. The fourth-order valence-corrected chi connectivity index (χ4v) is 4.71. The zero-order valence-corrected chi connectivity index (χ0v) is 20.2. The lowest BCUT2D eigenvalue weighted by atomic mass is 9.96. The SMILES string of the molecule is Cc1ccc(-c2ccc3c(=O)n(C)cc(-c4cc(S(C)(=O)=O)ccc4OCC4CC4)c3c2)cn1. The Morgan fingerprint density at radius 2 is 1.76 bits per heavy atom. The van der Waals surface area contributed by atoms with Crippen LogP contribution in [-0.2, 0) is 16.9 Å². The number of ether oxygens (including phenoxy) is 1. The molecule has 1 saturated carbocycles. The van der Waals surface area contributed by atoms with E-state index in [2.05, 4.69) is 4.98 Å². The van der Waals surface area contributed by atoms with Crippen LogP contribution >= 0.6 is 0 Å². The van der Waals surface area contributed by atoms with Gasteiger partial charge in [-0.25, -0.2) is 8.42 Å². The first-order valence-electron chi connectivity index (χ1n) is 11.2. The van der Waals surface area contributed by atoms with Crippen molar-refractivity contribution in [1.29, 1.82) is 0 Å². The summed E-state index contributed by atoms with van der Waals surface area (Å²) in [6, 6.07) is 14.6. The highest BCUT2D eigenvalue weighted by atomic mass is 32.2. The fraction of sp³-hybridized carbons (Fsp3) is 0.259. The maximum Gasteiger partial charge on any atom is 0.258 e. The van der Waals surface area contributed by atoms with Crippen LogP contribution in [0.5, 0.6) is 5.75 Å². The summed E-state index contributed by atoms with van der Waals surface area (Å²) in [5.41, 5.74) is 4.07. The van der Waals surface area contributed by atoms with E-state index in [1.165, 1.54) is 10.8 Å². The third-order valence-corrected chi connectivity index (χ3v) is 7.38. The molecule has 0 N–H and O–H groups in total. The van der Waals surface area contributed by atoms with Gasteiger partial charge in [-0.3, -0.25) is 9.78 Å². The number of benzene rings is 2. The molecule has 5 rings (SSSR count). The largest absolute Gasteiger partial charge is 0.493 e. The lowest BCUT2D eigenvalue weighted by Crippen LogP contribution is -2.16. The first kappa shape index (κ1) is 22.3. The van der Waals surface area contributed by atoms with Crippen LogP contribution in [0.3, 0.4) is 0 Å². The van der Waals surface area contributed by atoms with Gasteiger partial charge in [0.2, 0.25) is 0 Å². The van der Waals surface area contributed by atoms with Crippen LogP contribution in [0.4, 0.5) is 0 Å². The van der Waals surface area contributed by atoms with E-state index in [1.54, 1.807) is 31.4 Å². The molecule has 0 spiro atoms. The highest BCUT2D eigenvalue weighted by Gasteiger charge is 2.24. The molecular weight excluding hydrogens is 448 g/mol. The summed E-state index contributed by atoms with van der Waals surface area (Å²) in [4.78, 5) is 17.6. The van der Waals surface area contributed by atoms with E-state index in [0.717, 1.165) is 40.6 Å². The van der Waals surface area contributed by atoms with Gasteiger partial charge < -0.3 is 9.30 Å². The van der Waals surface area contributed by atoms with Gasteiger partial charge >= 0.3 is 0 Å². The Labute approximate surface area is 198 Å². The Hall–Kier alpha value is -3.45. The molecule has 4 aromatic rings. The fourth-order valence-electron chi connectivity index (χ4n) is 4.07. The number of rotatable bonds is 6. The van der Waals surface area contributed by atoms with Crippen LogP contribution in [0.25, 0.3) is 33.0 Å². The van der Waals surface area contributed by atoms with Crippen LogP contribution in [0.1, 0.15) is 18.5 Å². The summed E-state index contributed by atoms with van der Waals surface area (Å²) >= 11 is 0. The number of nitrogens with zero attached hydrogens (tertiary/aromatic N) is 2. The molecule has 1 aliphatic carbocycles. The Morgan fingerprint density at radius 3 is 2.44 bits per heavy atom. The van der Waals surface area contributed by atoms with Crippen LogP contribution in [0.2, 0.25) is 0 Å². The summed E-state index contributed by atoms with van der Waals surface area (Å²) in [5.74, 6) is 1.15. The molecule has 0 radical (unpaired) electrons. The molecule has 0 aliphatic heterocycles. The smallest absolute Gasteiger partial charge is 0.258 e. The number of sulfone groups is 1. The monoisotopic (exact) mass is 474 g/mol. The van der Waals surface area contributed by atoms with Crippen LogP contribution < -0.4 is 10.3 Å². The number of aryl methyl sites for hydroxylation is 2. The number of hydrogen-bond donors (Lipinski definition) is 0. The van der Waals surface area contributed by atoms with Gasteiger partial charge in [0, 0.05) is 53.5 Å². The first-order chi connectivity index (χ1) is 16.2. The van der Waals surface area contributed by atoms with Gasteiger partial charge in [0.1, 0.15) is 5.75 Å². The molecule has 2 aromatic carbocycles. The number of hydrogen-bond acceptors (Lipinski definition) is 5. The average molecular weight is 475 g/mol. The van der Waals surface area contributed by atoms with E-state index in [1.807, 2.05) is 43.5 Å². The highest BCUT2D eigenvalue weighted by Crippen LogP contribution is 2.38. The van der Waals surface area contributed by atoms with E-state index in [0.29, 0.717) is 29.2 Å². The quantitative estimate of drug-likeness (QED) is 0.402. The summed E-state index contributed by atoms with van der Waals surface area (Å²) in [5, 5.41) is 1.30. The minimum atomic E-state index is -3.43. The second kappa shape index (κ2) is 8.40. The molecule has 2 aromatic heterocycles. The molecule has 1 fully saturated rings. The highest BCUT2D eigenvalue weighted by molar-refractivity contribution is 7.90. The van der Waals surface area contributed by atoms with Gasteiger partial charge in [-0.15, -0.1) is 0 Å². The predicted molar refractivity (Wildman–Crippen MR) is 134 cm³/mol. The molecule has 7 heteroatoms. The first-order valence-corrected chi connectivity index (χ1v) is 13.1. The average Bonchev–Trinajstić information content (AvgIpc) is 3.64. The molecule has 0 atom stereocenters. The normalized spacial score (nSPS) is 13.9. The maximum absolute atomic E-state index is 13.0. The zero-order chi connectivity index (χ0) is 24.0. The van der Waals surface area contributed by atoms with Gasteiger partial charge in [-0.05, 0) is 73.0 Å². The lowest BCUT2D eigenvalue weighted by Gasteiger charge is -2.16. The van der Waals surface area contributed by atoms with Crippen molar-refractivity contribution in [1.82, 2.24) is 9.55 Å². The molecule has 174 valence electrons. The minimum Gasteiger partial charge on any atom is -0.493 e. The van der Waals surface area contributed by atoms with Crippen molar-refractivity contribution in [2.24, 2.45) is 13.0 Å². The lowest BCUT2D eigenvalue weighted by molar-refractivity contribution is 0.301. The molecule has 1 aliphatic rings. The van der Waals surface area contributed by atoms with Crippen molar-refractivity contribution in [2.45, 2.75) is 24.7 Å². The topological polar surface area (TPSA) is 78.3 Å². The summed E-state index contributed by atoms with van der Waals surface area (Å²) in [7, 11) is -1.73. The van der Waals surface area contributed by atoms with E-state index in [-0.39, 0.29) is 10.5 Å². The second-order valence-electron chi connectivity index (χ2n) is 9.09. The molecule has 0 bridgehead atoms. The van der Waals surface area contributed by atoms with E-state index < -0.39 is 9.84 Å². The van der Waals surface area contributed by atoms with Crippen molar-refractivity contribution >= 4 is 20.6 Å². The van der Waals surface area contributed by atoms with Gasteiger partial charge in [-0.2, -0.15) is 0 Å². The number of pyridine rings is 2. The molecule has 0 amide bonds. The van der Waals surface area contributed by atoms with Gasteiger partial charge in [0.05, 0.1) is 11.5 Å². The Morgan fingerprint density at radius 1 is 1.00 bits per heavy atom. The van der Waals surface area contributed by atoms with Crippen LogP contribution in [0, 0.1) is 12.8 Å². The molecule has 2 heterocycles. The predicted octanol–water partition coefficient (Wildman–Crippen LogP) is 4.77. The summed E-state index contributed by atoms with van der Waals surface area (Å²) < 4.78 is 32.4. The van der Waals surface area contributed by atoms with Crippen molar-refractivity contribution in [3.05, 3.63) is 77.0 Å². The Kier molecular flexibility index (Phi) is 5.52. The van der Waals surface area contributed by atoms with Crippen molar-refractivity contribution in [3.8, 4) is 28.0 Å². The standard InChI is InChI=1S/C27H26N2O4S/c1-17-4-7-20(14-28-17)19-8-10-22-23(12-19)25(15-29(2)27(22)30)24-13-21(34(3,31)32)9-11-26(24)33-16-18-5-6-18/h4,7-15,18H,5-6,16H2,1-3H3. The van der Waals surface area contributed by atoms with Crippen molar-refractivity contribution < 1.29 is 13.2 Å². The van der Waals surface area contributed by atoms with E-state index >= 15 is 0 Å². The van der Waals surface area contributed by atoms with Crippen molar-refractivity contribution in [2.75, 3.05) is 12.9 Å². The van der Waals surface area contributed by atoms with Crippen molar-refractivity contribution in [3.63, 3.8) is 0 Å². The third-order valence-electron chi connectivity index (χ3n) is 6.27.